The lowest BCUT2D eigenvalue weighted by Crippen LogP contribution is -2.11. The average molecular weight is 275 g/mol. The third-order valence-electron chi connectivity index (χ3n) is 3.37. The number of halogens is 1. The van der Waals surface area contributed by atoms with Crippen molar-refractivity contribution in [2.24, 2.45) is 0 Å². The van der Waals surface area contributed by atoms with Crippen LogP contribution >= 0.6 is 0 Å². The molecule has 1 unspecified atom stereocenters. The van der Waals surface area contributed by atoms with Gasteiger partial charge in [0.1, 0.15) is 11.9 Å². The Kier molecular flexibility index (Phi) is 3.56. The average Bonchev–Trinajstić information content (AvgIpc) is 3.07. The highest BCUT2D eigenvalue weighted by molar-refractivity contribution is 5.73. The number of aldehydes is 1. The van der Waals surface area contributed by atoms with Crippen molar-refractivity contribution in [3.63, 3.8) is 0 Å². The smallest absolute Gasteiger partial charge is 0.172 e. The zero-order valence-corrected chi connectivity index (χ0v) is 10.8. The Morgan fingerprint density at radius 1 is 1.50 bits per heavy atom. The topological polar surface area (TPSA) is 57.0 Å². The monoisotopic (exact) mass is 275 g/mol. The fraction of sp³-hybridized carbons (Fsp3) is 0.357. The molecule has 0 aliphatic carbocycles. The van der Waals surface area contributed by atoms with Crippen LogP contribution in [-0.4, -0.2) is 27.9 Å². The first-order valence-corrected chi connectivity index (χ1v) is 6.52. The minimum Gasteiger partial charge on any atom is -0.372 e. The molecule has 6 heteroatoms. The predicted molar refractivity (Wildman–Crippen MR) is 68.8 cm³/mol. The van der Waals surface area contributed by atoms with Crippen LogP contribution in [0.3, 0.4) is 0 Å². The van der Waals surface area contributed by atoms with Crippen LogP contribution in [0.25, 0.3) is 0 Å². The number of benzene rings is 1. The van der Waals surface area contributed by atoms with Gasteiger partial charge in [-0.15, -0.1) is 5.10 Å². The molecule has 20 heavy (non-hydrogen) atoms. The van der Waals surface area contributed by atoms with Gasteiger partial charge in [0.2, 0.25) is 0 Å². The van der Waals surface area contributed by atoms with Crippen LogP contribution in [0.15, 0.2) is 24.3 Å². The van der Waals surface area contributed by atoms with Gasteiger partial charge >= 0.3 is 0 Å². The summed E-state index contributed by atoms with van der Waals surface area (Å²) >= 11 is 0. The second-order valence-corrected chi connectivity index (χ2v) is 4.77. The maximum Gasteiger partial charge on any atom is 0.172 e. The highest BCUT2D eigenvalue weighted by atomic mass is 19.1. The van der Waals surface area contributed by atoms with E-state index in [0.717, 1.165) is 18.4 Å². The molecular formula is C14H14FN3O2. The SMILES string of the molecule is O=Cc1nnn(Cc2cccc(F)c2)c1C1CCCO1. The summed E-state index contributed by atoms with van der Waals surface area (Å²) in [5.41, 5.74) is 1.75. The number of nitrogens with zero attached hydrogens (tertiary/aromatic N) is 3. The number of ether oxygens (including phenoxy) is 1. The number of carbonyl (C=O) groups excluding carboxylic acids is 1. The maximum atomic E-state index is 13.2. The normalized spacial score (nSPS) is 18.4. The molecular weight excluding hydrogens is 261 g/mol. The van der Waals surface area contributed by atoms with Gasteiger partial charge in [0, 0.05) is 6.61 Å². The van der Waals surface area contributed by atoms with Crippen LogP contribution in [0, 0.1) is 5.82 Å². The van der Waals surface area contributed by atoms with E-state index >= 15 is 0 Å². The van der Waals surface area contributed by atoms with Gasteiger partial charge < -0.3 is 4.74 Å². The van der Waals surface area contributed by atoms with E-state index in [2.05, 4.69) is 10.3 Å². The van der Waals surface area contributed by atoms with E-state index < -0.39 is 0 Å². The fourth-order valence-electron chi connectivity index (χ4n) is 2.47. The Bertz CT molecular complexity index is 621. The van der Waals surface area contributed by atoms with Crippen molar-refractivity contribution < 1.29 is 13.9 Å². The minimum absolute atomic E-state index is 0.154. The van der Waals surface area contributed by atoms with E-state index in [0.29, 0.717) is 30.8 Å². The van der Waals surface area contributed by atoms with Crippen molar-refractivity contribution >= 4 is 6.29 Å². The molecule has 0 amide bonds. The summed E-state index contributed by atoms with van der Waals surface area (Å²) in [5.74, 6) is -0.295. The molecule has 1 aliphatic heterocycles. The molecule has 0 bridgehead atoms. The molecule has 3 rings (SSSR count). The Hall–Kier alpha value is -2.08. The number of carbonyl (C=O) groups is 1. The molecule has 5 nitrogen and oxygen atoms in total. The molecule has 0 saturated carbocycles. The first-order chi connectivity index (χ1) is 9.78. The van der Waals surface area contributed by atoms with E-state index in [9.17, 15) is 9.18 Å². The van der Waals surface area contributed by atoms with Gasteiger partial charge in [-0.2, -0.15) is 0 Å². The zero-order valence-electron chi connectivity index (χ0n) is 10.8. The lowest BCUT2D eigenvalue weighted by Gasteiger charge is -2.12. The summed E-state index contributed by atoms with van der Waals surface area (Å²) < 4.78 is 20.4. The molecule has 1 aromatic heterocycles. The zero-order chi connectivity index (χ0) is 13.9. The van der Waals surface area contributed by atoms with E-state index in [-0.39, 0.29) is 11.9 Å². The Morgan fingerprint density at radius 2 is 2.40 bits per heavy atom. The van der Waals surface area contributed by atoms with Crippen LogP contribution in [0.2, 0.25) is 0 Å². The molecule has 0 radical (unpaired) electrons. The van der Waals surface area contributed by atoms with Crippen molar-refractivity contribution in [1.29, 1.82) is 0 Å². The summed E-state index contributed by atoms with van der Waals surface area (Å²) in [5, 5.41) is 7.86. The Morgan fingerprint density at radius 3 is 3.10 bits per heavy atom. The lowest BCUT2D eigenvalue weighted by molar-refractivity contribution is 0.101. The van der Waals surface area contributed by atoms with Gasteiger partial charge in [0.15, 0.2) is 12.0 Å². The fourth-order valence-corrected chi connectivity index (χ4v) is 2.47. The molecule has 0 spiro atoms. The molecule has 1 atom stereocenters. The van der Waals surface area contributed by atoms with Crippen molar-refractivity contribution in [3.05, 3.63) is 47.0 Å². The second-order valence-electron chi connectivity index (χ2n) is 4.77. The quantitative estimate of drug-likeness (QED) is 0.802. The van der Waals surface area contributed by atoms with Gasteiger partial charge in [-0.1, -0.05) is 17.3 Å². The molecule has 104 valence electrons. The number of hydrogen-bond acceptors (Lipinski definition) is 4. The summed E-state index contributed by atoms with van der Waals surface area (Å²) in [6.07, 6.45) is 2.33. The minimum atomic E-state index is -0.295. The first-order valence-electron chi connectivity index (χ1n) is 6.52. The van der Waals surface area contributed by atoms with Crippen molar-refractivity contribution in [3.8, 4) is 0 Å². The van der Waals surface area contributed by atoms with Crippen molar-refractivity contribution in [2.75, 3.05) is 6.61 Å². The molecule has 1 fully saturated rings. The van der Waals surface area contributed by atoms with Crippen LogP contribution < -0.4 is 0 Å². The van der Waals surface area contributed by atoms with Gasteiger partial charge in [-0.3, -0.25) is 4.79 Å². The van der Waals surface area contributed by atoms with Gasteiger partial charge in [0.05, 0.1) is 12.2 Å². The van der Waals surface area contributed by atoms with Crippen molar-refractivity contribution in [2.45, 2.75) is 25.5 Å². The van der Waals surface area contributed by atoms with E-state index in [1.54, 1.807) is 10.7 Å². The second kappa shape index (κ2) is 5.50. The van der Waals surface area contributed by atoms with Gasteiger partial charge in [-0.05, 0) is 30.5 Å². The molecule has 1 aliphatic rings. The third kappa shape index (κ3) is 2.46. The van der Waals surface area contributed by atoms with E-state index in [1.165, 1.54) is 12.1 Å². The van der Waals surface area contributed by atoms with Crippen LogP contribution in [0.5, 0.6) is 0 Å². The Labute approximate surface area is 115 Å². The summed E-state index contributed by atoms with van der Waals surface area (Å²) in [4.78, 5) is 11.1. The van der Waals surface area contributed by atoms with E-state index in [1.807, 2.05) is 6.07 Å². The highest BCUT2D eigenvalue weighted by Crippen LogP contribution is 2.29. The highest BCUT2D eigenvalue weighted by Gasteiger charge is 2.26. The maximum absolute atomic E-state index is 13.2. The third-order valence-corrected chi connectivity index (χ3v) is 3.37. The van der Waals surface area contributed by atoms with Gasteiger partial charge in [-0.25, -0.2) is 9.07 Å². The summed E-state index contributed by atoms with van der Waals surface area (Å²) in [6.45, 7) is 1.04. The van der Waals surface area contributed by atoms with E-state index in [4.69, 9.17) is 4.74 Å². The van der Waals surface area contributed by atoms with Crippen LogP contribution in [-0.2, 0) is 11.3 Å². The number of hydrogen-bond donors (Lipinski definition) is 0. The number of rotatable bonds is 4. The summed E-state index contributed by atoms with van der Waals surface area (Å²) in [7, 11) is 0. The standard InChI is InChI=1S/C14H14FN3O2/c15-11-4-1-3-10(7-11)8-18-14(12(9-19)16-17-18)13-5-2-6-20-13/h1,3-4,7,9,13H,2,5-6,8H2. The molecule has 1 saturated heterocycles. The lowest BCUT2D eigenvalue weighted by atomic mass is 10.1. The van der Waals surface area contributed by atoms with Crippen LogP contribution in [0.1, 0.15) is 40.7 Å². The van der Waals surface area contributed by atoms with Crippen molar-refractivity contribution in [1.82, 2.24) is 15.0 Å². The molecule has 0 N–H and O–H groups in total. The predicted octanol–water partition coefficient (Wildman–Crippen LogP) is 2.13. The largest absolute Gasteiger partial charge is 0.372 e. The molecule has 2 heterocycles. The first kappa shape index (κ1) is 12.9. The van der Waals surface area contributed by atoms with Gasteiger partial charge in [0.25, 0.3) is 0 Å². The Balaban J connectivity index is 1.93. The van der Waals surface area contributed by atoms with Crippen LogP contribution in [0.4, 0.5) is 4.39 Å². The number of aromatic nitrogens is 3. The molecule has 1 aromatic carbocycles. The molecule has 2 aromatic rings. The summed E-state index contributed by atoms with van der Waals surface area (Å²) in [6, 6.07) is 6.29.